The average Bonchev–Trinajstić information content (AvgIpc) is 2.58. The smallest absolute Gasteiger partial charge is 0.0163 e. The van der Waals surface area contributed by atoms with Crippen molar-refractivity contribution in [1.29, 1.82) is 0 Å². The lowest BCUT2D eigenvalue weighted by Gasteiger charge is -2.13. The van der Waals surface area contributed by atoms with E-state index in [1.807, 2.05) is 0 Å². The lowest BCUT2D eigenvalue weighted by Crippen LogP contribution is -2.21. The predicted molar refractivity (Wildman–Crippen MR) is 52.1 cm³/mol. The van der Waals surface area contributed by atoms with E-state index < -0.39 is 0 Å². The van der Waals surface area contributed by atoms with Gasteiger partial charge in [0.25, 0.3) is 0 Å². The van der Waals surface area contributed by atoms with Gasteiger partial charge in [0, 0.05) is 19.6 Å². The van der Waals surface area contributed by atoms with Crippen molar-refractivity contribution in [2.75, 3.05) is 19.6 Å². The molecule has 2 aliphatic rings. The maximum absolute atomic E-state index is 2.61. The molecule has 1 aliphatic heterocycles. The summed E-state index contributed by atoms with van der Waals surface area (Å²) >= 11 is 0. The molecule has 0 aromatic heterocycles. The van der Waals surface area contributed by atoms with Gasteiger partial charge in [0.05, 0.1) is 0 Å². The molecule has 2 atom stereocenters. The highest BCUT2D eigenvalue weighted by Gasteiger charge is 2.35. The van der Waals surface area contributed by atoms with Crippen LogP contribution in [0.5, 0.6) is 0 Å². The minimum absolute atomic E-state index is 1.05. The second-order valence-corrected chi connectivity index (χ2v) is 4.24. The Kier molecular flexibility index (Phi) is 2.50. The zero-order valence-electron chi connectivity index (χ0n) is 8.00. The molecule has 1 saturated heterocycles. The van der Waals surface area contributed by atoms with Crippen LogP contribution in [0.3, 0.4) is 0 Å². The highest BCUT2D eigenvalue weighted by Crippen LogP contribution is 2.37. The number of nitrogens with zero attached hydrogens (tertiary/aromatic N) is 1. The van der Waals surface area contributed by atoms with Crippen molar-refractivity contribution in [1.82, 2.24) is 4.90 Å². The van der Waals surface area contributed by atoms with E-state index in [9.17, 15) is 0 Å². The highest BCUT2D eigenvalue weighted by molar-refractivity contribution is 4.91. The van der Waals surface area contributed by atoms with E-state index >= 15 is 0 Å². The van der Waals surface area contributed by atoms with Gasteiger partial charge in [-0.25, -0.2) is 0 Å². The third kappa shape index (κ3) is 1.56. The minimum Gasteiger partial charge on any atom is -0.299 e. The van der Waals surface area contributed by atoms with Gasteiger partial charge >= 0.3 is 0 Å². The van der Waals surface area contributed by atoms with Crippen LogP contribution in [0.1, 0.15) is 26.2 Å². The van der Waals surface area contributed by atoms with Crippen LogP contribution in [0.2, 0.25) is 0 Å². The van der Waals surface area contributed by atoms with Gasteiger partial charge in [-0.3, -0.25) is 4.90 Å². The van der Waals surface area contributed by atoms with Gasteiger partial charge in [-0.15, -0.1) is 0 Å². The van der Waals surface area contributed by atoms with Crippen molar-refractivity contribution in [3.63, 3.8) is 0 Å². The number of hydrogen-bond acceptors (Lipinski definition) is 1. The number of hydrogen-bond donors (Lipinski definition) is 0. The fourth-order valence-electron chi connectivity index (χ4n) is 2.74. The Labute approximate surface area is 75.4 Å². The molecule has 1 aliphatic carbocycles. The summed E-state index contributed by atoms with van der Waals surface area (Å²) in [7, 11) is 0. The molecular formula is C11H19N. The molecule has 2 unspecified atom stereocenters. The van der Waals surface area contributed by atoms with E-state index in [0.29, 0.717) is 0 Å². The second-order valence-electron chi connectivity index (χ2n) is 4.24. The quantitative estimate of drug-likeness (QED) is 0.567. The summed E-state index contributed by atoms with van der Waals surface area (Å²) in [6.45, 7) is 6.03. The van der Waals surface area contributed by atoms with Crippen molar-refractivity contribution < 1.29 is 0 Å². The van der Waals surface area contributed by atoms with Crippen LogP contribution in [0.25, 0.3) is 0 Å². The molecular weight excluding hydrogens is 146 g/mol. The Morgan fingerprint density at radius 1 is 1.25 bits per heavy atom. The summed E-state index contributed by atoms with van der Waals surface area (Å²) in [6, 6.07) is 0. The maximum atomic E-state index is 2.61. The Bertz CT molecular complexity index is 162. The van der Waals surface area contributed by atoms with Gasteiger partial charge in [-0.05, 0) is 31.6 Å². The van der Waals surface area contributed by atoms with Crippen molar-refractivity contribution in [2.24, 2.45) is 11.8 Å². The van der Waals surface area contributed by atoms with Crippen molar-refractivity contribution in [3.8, 4) is 0 Å². The molecule has 0 N–H and O–H groups in total. The highest BCUT2D eigenvalue weighted by atomic mass is 15.1. The van der Waals surface area contributed by atoms with E-state index in [1.165, 1.54) is 38.9 Å². The predicted octanol–water partition coefficient (Wildman–Crippen LogP) is 2.29. The van der Waals surface area contributed by atoms with Gasteiger partial charge in [-0.1, -0.05) is 18.6 Å². The summed E-state index contributed by atoms with van der Waals surface area (Å²) < 4.78 is 0. The van der Waals surface area contributed by atoms with E-state index in [-0.39, 0.29) is 0 Å². The summed E-state index contributed by atoms with van der Waals surface area (Å²) in [5.74, 6) is 2.10. The van der Waals surface area contributed by atoms with Crippen molar-refractivity contribution >= 4 is 0 Å². The largest absolute Gasteiger partial charge is 0.299 e. The third-order valence-corrected chi connectivity index (χ3v) is 3.40. The fourth-order valence-corrected chi connectivity index (χ4v) is 2.74. The molecule has 2 rings (SSSR count). The average molecular weight is 165 g/mol. The third-order valence-electron chi connectivity index (χ3n) is 3.40. The molecule has 1 nitrogen and oxygen atoms in total. The Morgan fingerprint density at radius 3 is 2.50 bits per heavy atom. The molecule has 12 heavy (non-hydrogen) atoms. The van der Waals surface area contributed by atoms with Gasteiger partial charge in [0.1, 0.15) is 0 Å². The molecule has 0 bridgehead atoms. The molecule has 1 heterocycles. The van der Waals surface area contributed by atoms with Gasteiger partial charge < -0.3 is 0 Å². The molecule has 1 heteroatoms. The summed E-state index contributed by atoms with van der Waals surface area (Å²) in [6.07, 6.45) is 8.93. The second kappa shape index (κ2) is 3.61. The zero-order chi connectivity index (χ0) is 8.39. The molecule has 0 radical (unpaired) electrons. The van der Waals surface area contributed by atoms with Crippen molar-refractivity contribution in [2.45, 2.75) is 26.2 Å². The van der Waals surface area contributed by atoms with E-state index in [2.05, 4.69) is 24.0 Å². The molecule has 0 aromatic rings. The molecule has 68 valence electrons. The normalized spacial score (nSPS) is 36.4. The van der Waals surface area contributed by atoms with Crippen LogP contribution in [0.15, 0.2) is 12.2 Å². The van der Waals surface area contributed by atoms with Gasteiger partial charge in [0.2, 0.25) is 0 Å². The lowest BCUT2D eigenvalue weighted by atomic mass is 10.0. The van der Waals surface area contributed by atoms with Crippen LogP contribution in [0.4, 0.5) is 0 Å². The molecule has 2 fully saturated rings. The standard InChI is InChI=1S/C11H19N/c1-2-3-7-12-8-10-5-4-6-11(10)9-12/h2-3,10-11H,4-9H2,1H3/b3-2+. The molecule has 1 saturated carbocycles. The first-order chi connectivity index (χ1) is 5.90. The maximum Gasteiger partial charge on any atom is 0.0163 e. The number of rotatable bonds is 2. The van der Waals surface area contributed by atoms with E-state index in [1.54, 1.807) is 0 Å². The molecule has 0 amide bonds. The topological polar surface area (TPSA) is 3.24 Å². The van der Waals surface area contributed by atoms with Gasteiger partial charge in [0.15, 0.2) is 0 Å². The van der Waals surface area contributed by atoms with Crippen LogP contribution in [0, 0.1) is 11.8 Å². The molecule has 0 spiro atoms. The summed E-state index contributed by atoms with van der Waals surface area (Å²) in [5, 5.41) is 0. The van der Waals surface area contributed by atoms with Crippen LogP contribution in [-0.2, 0) is 0 Å². The van der Waals surface area contributed by atoms with E-state index in [0.717, 1.165) is 11.8 Å². The van der Waals surface area contributed by atoms with Crippen molar-refractivity contribution in [3.05, 3.63) is 12.2 Å². The first-order valence-electron chi connectivity index (χ1n) is 5.23. The lowest BCUT2D eigenvalue weighted by molar-refractivity contribution is 0.344. The number of fused-ring (bicyclic) bond motifs is 1. The monoisotopic (exact) mass is 165 g/mol. The van der Waals surface area contributed by atoms with Crippen LogP contribution >= 0.6 is 0 Å². The minimum atomic E-state index is 1.05. The fraction of sp³-hybridized carbons (Fsp3) is 0.818. The molecule has 0 aromatic carbocycles. The Balaban J connectivity index is 1.82. The van der Waals surface area contributed by atoms with Gasteiger partial charge in [-0.2, -0.15) is 0 Å². The Morgan fingerprint density at radius 2 is 1.92 bits per heavy atom. The van der Waals surface area contributed by atoms with E-state index in [4.69, 9.17) is 0 Å². The first-order valence-corrected chi connectivity index (χ1v) is 5.23. The summed E-state index contributed by atoms with van der Waals surface area (Å²) in [5.41, 5.74) is 0. The first kappa shape index (κ1) is 8.31. The van der Waals surface area contributed by atoms with Crippen LogP contribution < -0.4 is 0 Å². The summed E-state index contributed by atoms with van der Waals surface area (Å²) in [4.78, 5) is 2.61. The SMILES string of the molecule is C/C=C/CN1CC2CCCC2C1. The number of allylic oxidation sites excluding steroid dienone is 1. The zero-order valence-corrected chi connectivity index (χ0v) is 8.00. The number of likely N-dealkylation sites (tertiary alicyclic amines) is 1. The Hall–Kier alpha value is -0.300. The van der Waals surface area contributed by atoms with Crippen LogP contribution in [-0.4, -0.2) is 24.5 Å².